The number of carbonyl (C=O) groups excluding carboxylic acids is 1. The molecular weight excluding hydrogens is 202 g/mol. The van der Waals surface area contributed by atoms with Gasteiger partial charge in [0, 0.05) is 25.9 Å². The van der Waals surface area contributed by atoms with Crippen molar-refractivity contribution in [3.05, 3.63) is 0 Å². The average molecular weight is 216 g/mol. The van der Waals surface area contributed by atoms with Crippen molar-refractivity contribution in [1.29, 1.82) is 5.26 Å². The molecule has 1 saturated carbocycles. The number of rotatable bonds is 2. The molecule has 0 aromatic heterocycles. The van der Waals surface area contributed by atoms with Crippen LogP contribution in [-0.2, 0) is 4.79 Å². The van der Waals surface area contributed by atoms with Crippen molar-refractivity contribution in [3.8, 4) is 6.07 Å². The topological polar surface area (TPSA) is 44.1 Å². The SMILES string of the molecule is CN(C(=O)CC#N)C1CCC(F)(F)CC1. The maximum absolute atomic E-state index is 12.8. The third-order valence-corrected chi connectivity index (χ3v) is 2.86. The zero-order valence-corrected chi connectivity index (χ0v) is 8.67. The Balaban J connectivity index is 2.47. The van der Waals surface area contributed by atoms with Crippen molar-refractivity contribution < 1.29 is 13.6 Å². The van der Waals surface area contributed by atoms with Gasteiger partial charge in [-0.2, -0.15) is 5.26 Å². The molecule has 1 fully saturated rings. The van der Waals surface area contributed by atoms with Gasteiger partial charge < -0.3 is 4.90 Å². The van der Waals surface area contributed by atoms with E-state index in [1.165, 1.54) is 4.90 Å². The second kappa shape index (κ2) is 4.56. The van der Waals surface area contributed by atoms with Crippen LogP contribution in [0.25, 0.3) is 0 Å². The van der Waals surface area contributed by atoms with Crippen molar-refractivity contribution in [2.75, 3.05) is 7.05 Å². The van der Waals surface area contributed by atoms with Gasteiger partial charge in [0.05, 0.1) is 6.07 Å². The summed E-state index contributed by atoms with van der Waals surface area (Å²) in [6, 6.07) is 1.63. The first-order chi connectivity index (χ1) is 6.96. The highest BCUT2D eigenvalue weighted by Gasteiger charge is 2.36. The lowest BCUT2D eigenvalue weighted by atomic mass is 9.91. The van der Waals surface area contributed by atoms with Crippen LogP contribution in [0.2, 0.25) is 0 Å². The highest BCUT2D eigenvalue weighted by atomic mass is 19.3. The van der Waals surface area contributed by atoms with E-state index >= 15 is 0 Å². The van der Waals surface area contributed by atoms with Crippen LogP contribution < -0.4 is 0 Å². The van der Waals surface area contributed by atoms with Gasteiger partial charge >= 0.3 is 0 Å². The molecule has 5 heteroatoms. The van der Waals surface area contributed by atoms with Gasteiger partial charge in [0.1, 0.15) is 6.42 Å². The zero-order valence-electron chi connectivity index (χ0n) is 8.67. The summed E-state index contributed by atoms with van der Waals surface area (Å²) in [5.41, 5.74) is 0. The molecule has 0 spiro atoms. The van der Waals surface area contributed by atoms with Gasteiger partial charge in [0.25, 0.3) is 0 Å². The summed E-state index contributed by atoms with van der Waals surface area (Å²) in [5.74, 6) is -2.86. The molecule has 0 aromatic carbocycles. The van der Waals surface area contributed by atoms with Crippen LogP contribution in [0.4, 0.5) is 8.78 Å². The molecule has 1 aliphatic rings. The minimum absolute atomic E-state index is 0.134. The molecule has 1 amide bonds. The normalized spacial score (nSPS) is 20.7. The molecule has 0 aromatic rings. The average Bonchev–Trinajstić information content (AvgIpc) is 2.17. The van der Waals surface area contributed by atoms with Gasteiger partial charge in [-0.25, -0.2) is 8.78 Å². The van der Waals surface area contributed by atoms with E-state index in [2.05, 4.69) is 0 Å². The summed E-state index contributed by atoms with van der Waals surface area (Å²) in [5, 5.41) is 8.35. The lowest BCUT2D eigenvalue weighted by molar-refractivity contribution is -0.133. The van der Waals surface area contributed by atoms with E-state index in [9.17, 15) is 13.6 Å². The summed E-state index contributed by atoms with van der Waals surface area (Å²) in [7, 11) is 1.58. The smallest absolute Gasteiger partial charge is 0.248 e. The van der Waals surface area contributed by atoms with Gasteiger partial charge in [-0.3, -0.25) is 4.79 Å². The molecule has 0 aliphatic heterocycles. The number of hydrogen-bond acceptors (Lipinski definition) is 2. The monoisotopic (exact) mass is 216 g/mol. The van der Waals surface area contributed by atoms with Gasteiger partial charge in [-0.05, 0) is 12.8 Å². The highest BCUT2D eigenvalue weighted by Crippen LogP contribution is 2.34. The number of carbonyl (C=O) groups is 1. The van der Waals surface area contributed by atoms with Crippen molar-refractivity contribution in [2.24, 2.45) is 0 Å². The fourth-order valence-corrected chi connectivity index (χ4v) is 1.81. The number of hydrogen-bond donors (Lipinski definition) is 0. The van der Waals surface area contributed by atoms with Gasteiger partial charge in [-0.15, -0.1) is 0 Å². The van der Waals surface area contributed by atoms with E-state index in [-0.39, 0.29) is 31.2 Å². The summed E-state index contributed by atoms with van der Waals surface area (Å²) in [6.07, 6.45) is 0.133. The highest BCUT2D eigenvalue weighted by molar-refractivity contribution is 5.78. The first-order valence-corrected chi connectivity index (χ1v) is 4.97. The predicted molar refractivity (Wildman–Crippen MR) is 50.2 cm³/mol. The van der Waals surface area contributed by atoms with E-state index in [1.54, 1.807) is 13.1 Å². The van der Waals surface area contributed by atoms with E-state index in [1.807, 2.05) is 0 Å². The van der Waals surface area contributed by atoms with Crippen LogP contribution in [0.5, 0.6) is 0 Å². The first-order valence-electron chi connectivity index (χ1n) is 4.97. The van der Waals surface area contributed by atoms with E-state index < -0.39 is 5.92 Å². The number of amides is 1. The zero-order chi connectivity index (χ0) is 11.5. The summed E-state index contributed by atoms with van der Waals surface area (Å²) < 4.78 is 25.7. The van der Waals surface area contributed by atoms with Crippen LogP contribution in [-0.4, -0.2) is 29.8 Å². The predicted octanol–water partition coefficient (Wildman–Crippen LogP) is 1.94. The summed E-state index contributed by atoms with van der Waals surface area (Å²) in [4.78, 5) is 12.7. The fraction of sp³-hybridized carbons (Fsp3) is 0.800. The Labute approximate surface area is 87.7 Å². The lowest BCUT2D eigenvalue weighted by Crippen LogP contribution is -2.41. The number of alkyl halides is 2. The standard InChI is InChI=1S/C10H14F2N2O/c1-14(9(15)4-7-13)8-2-5-10(11,12)6-3-8/h8H,2-6H2,1H3. The van der Waals surface area contributed by atoms with Crippen LogP contribution in [0.3, 0.4) is 0 Å². The Morgan fingerprint density at radius 1 is 1.53 bits per heavy atom. The molecule has 0 atom stereocenters. The molecular formula is C10H14F2N2O. The minimum Gasteiger partial charge on any atom is -0.342 e. The van der Waals surface area contributed by atoms with Crippen LogP contribution >= 0.6 is 0 Å². The second-order valence-electron chi connectivity index (χ2n) is 3.93. The Morgan fingerprint density at radius 3 is 2.53 bits per heavy atom. The molecule has 84 valence electrons. The quantitative estimate of drug-likeness (QED) is 0.708. The van der Waals surface area contributed by atoms with Crippen molar-refractivity contribution in [2.45, 2.75) is 44.1 Å². The molecule has 0 N–H and O–H groups in total. The number of nitriles is 1. The maximum Gasteiger partial charge on any atom is 0.248 e. The molecule has 15 heavy (non-hydrogen) atoms. The number of halogens is 2. The first kappa shape index (κ1) is 11.9. The van der Waals surface area contributed by atoms with E-state index in [4.69, 9.17) is 5.26 Å². The molecule has 0 unspecified atom stereocenters. The van der Waals surface area contributed by atoms with Crippen LogP contribution in [0, 0.1) is 11.3 Å². The van der Waals surface area contributed by atoms with Crippen molar-refractivity contribution >= 4 is 5.91 Å². The summed E-state index contributed by atoms with van der Waals surface area (Å²) in [6.45, 7) is 0. The molecule has 0 radical (unpaired) electrons. The van der Waals surface area contributed by atoms with E-state index in [0.29, 0.717) is 12.8 Å². The third-order valence-electron chi connectivity index (χ3n) is 2.86. The summed E-state index contributed by atoms with van der Waals surface area (Å²) >= 11 is 0. The second-order valence-corrected chi connectivity index (χ2v) is 3.93. The van der Waals surface area contributed by atoms with Crippen LogP contribution in [0.15, 0.2) is 0 Å². The maximum atomic E-state index is 12.8. The Bertz CT molecular complexity index is 276. The fourth-order valence-electron chi connectivity index (χ4n) is 1.81. The molecule has 0 bridgehead atoms. The molecule has 0 heterocycles. The molecule has 3 nitrogen and oxygen atoms in total. The van der Waals surface area contributed by atoms with Gasteiger partial charge in [0.15, 0.2) is 0 Å². The Kier molecular flexibility index (Phi) is 3.61. The number of nitrogens with zero attached hydrogens (tertiary/aromatic N) is 2. The molecule has 0 saturated heterocycles. The van der Waals surface area contributed by atoms with Gasteiger partial charge in [-0.1, -0.05) is 0 Å². The minimum atomic E-state index is -2.57. The largest absolute Gasteiger partial charge is 0.342 e. The third kappa shape index (κ3) is 3.15. The lowest BCUT2D eigenvalue weighted by Gasteiger charge is -2.34. The van der Waals surface area contributed by atoms with E-state index in [0.717, 1.165) is 0 Å². The van der Waals surface area contributed by atoms with Crippen molar-refractivity contribution in [1.82, 2.24) is 4.90 Å². The Morgan fingerprint density at radius 2 is 2.07 bits per heavy atom. The molecule has 1 rings (SSSR count). The van der Waals surface area contributed by atoms with Crippen molar-refractivity contribution in [3.63, 3.8) is 0 Å². The Hall–Kier alpha value is -1.18. The van der Waals surface area contributed by atoms with Crippen LogP contribution in [0.1, 0.15) is 32.1 Å². The molecule has 1 aliphatic carbocycles. The van der Waals surface area contributed by atoms with Gasteiger partial charge in [0.2, 0.25) is 11.8 Å².